The number of nitrogens with one attached hydrogen (secondary N) is 1. The maximum absolute atomic E-state index is 14.2. The fourth-order valence-electron chi connectivity index (χ4n) is 4.44. The van der Waals surface area contributed by atoms with E-state index in [9.17, 15) is 22.8 Å². The molecule has 1 aliphatic heterocycles. The molecule has 0 atom stereocenters. The molecule has 0 saturated carbocycles. The number of carbonyl (C=O) groups is 1. The Morgan fingerprint density at radius 3 is 2.56 bits per heavy atom. The van der Waals surface area contributed by atoms with Gasteiger partial charge in [0.25, 0.3) is 5.56 Å². The largest absolute Gasteiger partial charge is 0.449 e. The Kier molecular flexibility index (Phi) is 6.85. The molecule has 2 aromatic heterocycles. The van der Waals surface area contributed by atoms with Crippen LogP contribution in [0.15, 0.2) is 64.3 Å². The van der Waals surface area contributed by atoms with Crippen molar-refractivity contribution in [3.05, 3.63) is 76.5 Å². The highest BCUT2D eigenvalue weighted by Gasteiger charge is 2.36. The minimum absolute atomic E-state index is 0.0705. The number of amides is 1. The van der Waals surface area contributed by atoms with E-state index in [1.54, 1.807) is 25.3 Å². The van der Waals surface area contributed by atoms with Gasteiger partial charge in [-0.2, -0.15) is 23.0 Å². The Morgan fingerprint density at radius 2 is 1.87 bits per heavy atom. The van der Waals surface area contributed by atoms with Crippen molar-refractivity contribution in [2.24, 2.45) is 0 Å². The van der Waals surface area contributed by atoms with Crippen molar-refractivity contribution in [3.8, 4) is 28.3 Å². The van der Waals surface area contributed by atoms with Crippen molar-refractivity contribution in [3.63, 3.8) is 0 Å². The van der Waals surface area contributed by atoms with Gasteiger partial charge in [-0.3, -0.25) is 9.69 Å². The average molecular weight is 540 g/mol. The van der Waals surface area contributed by atoms with E-state index in [1.165, 1.54) is 23.4 Å². The Morgan fingerprint density at radius 1 is 1.08 bits per heavy atom. The zero-order valence-electron chi connectivity index (χ0n) is 21.1. The van der Waals surface area contributed by atoms with E-state index in [0.29, 0.717) is 29.9 Å². The summed E-state index contributed by atoms with van der Waals surface area (Å²) in [5, 5.41) is 7.31. The third kappa shape index (κ3) is 5.22. The van der Waals surface area contributed by atoms with Crippen LogP contribution in [0.1, 0.15) is 24.5 Å². The molecule has 1 N–H and O–H groups in total. The molecule has 5 rings (SSSR count). The molecular weight excluding hydrogens is 515 g/mol. The predicted octanol–water partition coefficient (Wildman–Crippen LogP) is 5.66. The van der Waals surface area contributed by atoms with Gasteiger partial charge >= 0.3 is 12.3 Å². The summed E-state index contributed by atoms with van der Waals surface area (Å²) in [7, 11) is 0. The smallest absolute Gasteiger partial charge is 0.418 e. The first-order chi connectivity index (χ1) is 18.7. The van der Waals surface area contributed by atoms with Gasteiger partial charge in [0.15, 0.2) is 12.2 Å². The normalized spacial score (nSPS) is 13.9. The monoisotopic (exact) mass is 539 g/mol. The lowest BCUT2D eigenvalue weighted by molar-refractivity contribution is -0.137. The summed E-state index contributed by atoms with van der Waals surface area (Å²) in [5.41, 5.74) is 0.219. The van der Waals surface area contributed by atoms with E-state index in [0.717, 1.165) is 22.4 Å². The van der Waals surface area contributed by atoms with Crippen LogP contribution in [0.3, 0.4) is 0 Å². The summed E-state index contributed by atoms with van der Waals surface area (Å²) in [4.78, 5) is 30.9. The van der Waals surface area contributed by atoms with E-state index in [-0.39, 0.29) is 30.2 Å². The van der Waals surface area contributed by atoms with Gasteiger partial charge in [0, 0.05) is 29.9 Å². The second kappa shape index (κ2) is 10.3. The quantitative estimate of drug-likeness (QED) is 0.337. The van der Waals surface area contributed by atoms with Crippen molar-refractivity contribution in [2.75, 3.05) is 29.9 Å². The molecule has 2 aromatic carbocycles. The number of anilines is 2. The van der Waals surface area contributed by atoms with Gasteiger partial charge in [0.1, 0.15) is 5.69 Å². The van der Waals surface area contributed by atoms with Crippen molar-refractivity contribution >= 4 is 17.5 Å². The number of hydrogen-bond donors (Lipinski definition) is 1. The van der Waals surface area contributed by atoms with Crippen LogP contribution < -0.4 is 15.8 Å². The number of alkyl halides is 3. The highest BCUT2D eigenvalue weighted by Crippen LogP contribution is 2.36. The first-order valence-electron chi connectivity index (χ1n) is 12.2. The molecule has 0 aliphatic carbocycles. The maximum Gasteiger partial charge on any atom is 0.418 e. The minimum Gasteiger partial charge on any atom is -0.449 e. The third-order valence-electron chi connectivity index (χ3n) is 6.17. The van der Waals surface area contributed by atoms with Crippen molar-refractivity contribution in [1.29, 1.82) is 0 Å². The minimum atomic E-state index is -4.80. The molecule has 12 heteroatoms. The molecule has 1 fully saturated rings. The van der Waals surface area contributed by atoms with Crippen LogP contribution >= 0.6 is 0 Å². The molecule has 39 heavy (non-hydrogen) atoms. The Hall–Kier alpha value is -4.61. The van der Waals surface area contributed by atoms with Gasteiger partial charge in [-0.1, -0.05) is 0 Å². The zero-order valence-corrected chi connectivity index (χ0v) is 21.1. The molecule has 0 spiro atoms. The SMILES string of the molecule is CCNc1cc(-c2cc(C)cc(-c3cnco3)c2)nn(-c2cc(N3CCCOC3=O)ccc2C(F)(F)F)c1=O. The van der Waals surface area contributed by atoms with Crippen molar-refractivity contribution in [2.45, 2.75) is 26.4 Å². The van der Waals surface area contributed by atoms with Gasteiger partial charge in [-0.05, 0) is 68.3 Å². The van der Waals surface area contributed by atoms with Gasteiger partial charge < -0.3 is 14.5 Å². The number of rotatable bonds is 6. The summed E-state index contributed by atoms with van der Waals surface area (Å²) in [6.07, 6.45) is -2.11. The fourth-order valence-corrected chi connectivity index (χ4v) is 4.44. The number of aromatic nitrogens is 3. The molecule has 0 unspecified atom stereocenters. The Bertz CT molecular complexity index is 1580. The van der Waals surface area contributed by atoms with Crippen LogP contribution in [-0.4, -0.2) is 40.6 Å². The zero-order chi connectivity index (χ0) is 27.7. The van der Waals surface area contributed by atoms with E-state index in [1.807, 2.05) is 13.0 Å². The third-order valence-corrected chi connectivity index (χ3v) is 6.17. The first kappa shape index (κ1) is 26.0. The van der Waals surface area contributed by atoms with E-state index in [2.05, 4.69) is 15.4 Å². The number of hydrogen-bond acceptors (Lipinski definition) is 7. The van der Waals surface area contributed by atoms with Crippen molar-refractivity contribution < 1.29 is 27.1 Å². The maximum atomic E-state index is 14.2. The second-order valence-corrected chi connectivity index (χ2v) is 8.96. The second-order valence-electron chi connectivity index (χ2n) is 8.96. The lowest BCUT2D eigenvalue weighted by Gasteiger charge is -2.27. The summed E-state index contributed by atoms with van der Waals surface area (Å²) in [6, 6.07) is 10.1. The molecule has 9 nitrogen and oxygen atoms in total. The van der Waals surface area contributed by atoms with Crippen LogP contribution in [0, 0.1) is 6.92 Å². The molecule has 0 radical (unpaired) electrons. The topological polar surface area (TPSA) is 102 Å². The van der Waals surface area contributed by atoms with Crippen LogP contribution in [0.4, 0.5) is 29.3 Å². The van der Waals surface area contributed by atoms with Gasteiger partial charge in [-0.15, -0.1) is 0 Å². The highest BCUT2D eigenvalue weighted by atomic mass is 19.4. The van der Waals surface area contributed by atoms with Gasteiger partial charge in [0.05, 0.1) is 29.7 Å². The lowest BCUT2D eigenvalue weighted by atomic mass is 10.0. The van der Waals surface area contributed by atoms with Crippen LogP contribution in [0.25, 0.3) is 28.3 Å². The number of nitrogens with zero attached hydrogens (tertiary/aromatic N) is 4. The van der Waals surface area contributed by atoms with Crippen LogP contribution in [-0.2, 0) is 10.9 Å². The molecule has 1 saturated heterocycles. The number of aryl methyl sites for hydroxylation is 1. The lowest BCUT2D eigenvalue weighted by Crippen LogP contribution is -2.38. The number of oxazole rings is 1. The summed E-state index contributed by atoms with van der Waals surface area (Å²) < 4.78 is 53.7. The first-order valence-corrected chi connectivity index (χ1v) is 12.2. The standard InChI is InChI=1S/C27H24F3N5O4/c1-3-32-22-13-21(17-9-16(2)10-18(11-17)24-14-31-15-39-24)33-35(25(22)36)23-12-19(5-6-20(23)27(28,29)30)34-7-4-8-38-26(34)37/h5-6,9-15,32H,3-4,7-8H2,1-2H3. The molecule has 202 valence electrons. The summed E-state index contributed by atoms with van der Waals surface area (Å²) >= 11 is 0. The molecular formula is C27H24F3N5O4. The average Bonchev–Trinajstić information content (AvgIpc) is 3.44. The number of halogens is 3. The number of cyclic esters (lactones) is 1. The molecule has 1 amide bonds. The van der Waals surface area contributed by atoms with E-state index in [4.69, 9.17) is 9.15 Å². The molecule has 4 aromatic rings. The number of carbonyl (C=O) groups excluding carboxylic acids is 1. The Labute approximate surface area is 220 Å². The number of ether oxygens (including phenoxy) is 1. The predicted molar refractivity (Wildman–Crippen MR) is 138 cm³/mol. The van der Waals surface area contributed by atoms with Crippen LogP contribution in [0.5, 0.6) is 0 Å². The van der Waals surface area contributed by atoms with Gasteiger partial charge in [0.2, 0.25) is 0 Å². The molecule has 1 aliphatic rings. The van der Waals surface area contributed by atoms with Gasteiger partial charge in [-0.25, -0.2) is 9.78 Å². The Balaban J connectivity index is 1.73. The summed E-state index contributed by atoms with van der Waals surface area (Å²) in [6.45, 7) is 4.46. The fraction of sp³-hybridized carbons (Fsp3) is 0.259. The van der Waals surface area contributed by atoms with Crippen LogP contribution in [0.2, 0.25) is 0 Å². The summed E-state index contributed by atoms with van der Waals surface area (Å²) in [5.74, 6) is 0.501. The molecule has 0 bridgehead atoms. The van der Waals surface area contributed by atoms with E-state index >= 15 is 0 Å². The molecule has 3 heterocycles. The van der Waals surface area contributed by atoms with E-state index < -0.39 is 29.1 Å². The number of benzene rings is 2. The van der Waals surface area contributed by atoms with Crippen molar-refractivity contribution in [1.82, 2.24) is 14.8 Å². The highest BCUT2D eigenvalue weighted by molar-refractivity contribution is 5.88.